The molecule has 0 radical (unpaired) electrons. The zero-order chi connectivity index (χ0) is 25.5. The number of aryl methyl sites for hydroxylation is 1. The lowest BCUT2D eigenvalue weighted by molar-refractivity contribution is -0.147. The minimum absolute atomic E-state index is 0.0812. The minimum Gasteiger partial charge on any atom is -0.467 e. The summed E-state index contributed by atoms with van der Waals surface area (Å²) in [6.07, 6.45) is 6.50. The molecule has 1 aromatic carbocycles. The molecule has 2 aromatic rings. The van der Waals surface area contributed by atoms with E-state index in [2.05, 4.69) is 6.07 Å². The summed E-state index contributed by atoms with van der Waals surface area (Å²) in [5.41, 5.74) is 3.18. The second kappa shape index (κ2) is 11.8. The number of hydrogen-bond acceptors (Lipinski definition) is 5. The number of pyridine rings is 1. The van der Waals surface area contributed by atoms with Crippen LogP contribution in [0.3, 0.4) is 0 Å². The molecule has 2 atom stereocenters. The summed E-state index contributed by atoms with van der Waals surface area (Å²) in [6.45, 7) is 4.17. The van der Waals surface area contributed by atoms with Crippen LogP contribution in [0.4, 0.5) is 0 Å². The van der Waals surface area contributed by atoms with E-state index >= 15 is 0 Å². The molecule has 0 spiro atoms. The molecule has 1 heterocycles. The van der Waals surface area contributed by atoms with Crippen LogP contribution < -0.4 is 5.56 Å². The van der Waals surface area contributed by atoms with Crippen molar-refractivity contribution in [1.29, 1.82) is 5.26 Å². The number of aromatic nitrogens is 1. The second-order valence-corrected chi connectivity index (χ2v) is 9.41. The smallest absolute Gasteiger partial charge is 0.328 e. The number of carbonyl (C=O) groups excluding carboxylic acids is 2. The highest BCUT2D eigenvalue weighted by Gasteiger charge is 2.34. The fraction of sp³-hybridized carbons (Fsp3) is 0.500. The van der Waals surface area contributed by atoms with Crippen molar-refractivity contribution in [3.8, 4) is 6.07 Å². The predicted octanol–water partition coefficient (Wildman–Crippen LogP) is 4.09. The molecule has 0 bridgehead atoms. The van der Waals surface area contributed by atoms with E-state index in [4.69, 9.17) is 10.00 Å². The molecule has 1 aliphatic rings. The molecule has 0 aliphatic heterocycles. The van der Waals surface area contributed by atoms with Gasteiger partial charge < -0.3 is 14.2 Å². The Morgan fingerprint density at radius 3 is 2.40 bits per heavy atom. The molecule has 0 fully saturated rings. The lowest BCUT2D eigenvalue weighted by atomic mass is 9.94. The van der Waals surface area contributed by atoms with E-state index in [0.29, 0.717) is 18.5 Å². The van der Waals surface area contributed by atoms with Gasteiger partial charge >= 0.3 is 5.97 Å². The first-order valence-corrected chi connectivity index (χ1v) is 12.4. The van der Waals surface area contributed by atoms with E-state index in [-0.39, 0.29) is 17.0 Å². The number of rotatable bonds is 7. The van der Waals surface area contributed by atoms with Crippen LogP contribution in [-0.2, 0) is 28.9 Å². The number of hydrogen-bond donors (Lipinski definition) is 0. The Balaban J connectivity index is 2.10. The van der Waals surface area contributed by atoms with Gasteiger partial charge in [-0.15, -0.1) is 0 Å². The number of carbonyl (C=O) groups is 2. The lowest BCUT2D eigenvalue weighted by Crippen LogP contribution is -2.48. The van der Waals surface area contributed by atoms with E-state index < -0.39 is 17.9 Å². The highest BCUT2D eigenvalue weighted by Crippen LogP contribution is 2.23. The van der Waals surface area contributed by atoms with Crippen LogP contribution in [0.25, 0.3) is 0 Å². The highest BCUT2D eigenvalue weighted by atomic mass is 16.5. The van der Waals surface area contributed by atoms with Crippen molar-refractivity contribution in [3.63, 3.8) is 0 Å². The third-order valence-corrected chi connectivity index (χ3v) is 7.12. The fourth-order valence-corrected chi connectivity index (χ4v) is 4.85. The monoisotopic (exact) mass is 477 g/mol. The van der Waals surface area contributed by atoms with Crippen molar-refractivity contribution in [2.75, 3.05) is 14.2 Å². The molecule has 0 saturated heterocycles. The quantitative estimate of drug-likeness (QED) is 0.560. The number of nitriles is 1. The topological polar surface area (TPSA) is 92.4 Å². The normalized spacial score (nSPS) is 15.1. The van der Waals surface area contributed by atoms with Gasteiger partial charge in [0.15, 0.2) is 0 Å². The number of likely N-dealkylation sites (N-methyl/N-ethyl adjacent to an activating group) is 1. The highest BCUT2D eigenvalue weighted by molar-refractivity contribution is 5.96. The van der Waals surface area contributed by atoms with Gasteiger partial charge in [-0.3, -0.25) is 9.59 Å². The first kappa shape index (κ1) is 26.2. The van der Waals surface area contributed by atoms with E-state index in [0.717, 1.165) is 55.3 Å². The second-order valence-electron chi connectivity index (χ2n) is 9.41. The summed E-state index contributed by atoms with van der Waals surface area (Å²) in [5.74, 6) is -1.08. The number of fused-ring (bicyclic) bond motifs is 1. The molecule has 7 nitrogen and oxygen atoms in total. The van der Waals surface area contributed by atoms with Crippen molar-refractivity contribution in [1.82, 2.24) is 9.47 Å². The van der Waals surface area contributed by atoms with Gasteiger partial charge in [0.1, 0.15) is 11.6 Å². The number of benzene rings is 1. The van der Waals surface area contributed by atoms with Crippen molar-refractivity contribution >= 4 is 11.9 Å². The maximum absolute atomic E-state index is 13.8. The zero-order valence-corrected chi connectivity index (χ0v) is 21.2. The fourth-order valence-electron chi connectivity index (χ4n) is 4.85. The number of amides is 1. The maximum Gasteiger partial charge on any atom is 0.328 e. The molecule has 7 heteroatoms. The average molecular weight is 478 g/mol. The molecule has 0 N–H and O–H groups in total. The van der Waals surface area contributed by atoms with Crippen LogP contribution in [0.5, 0.6) is 0 Å². The van der Waals surface area contributed by atoms with Crippen LogP contribution >= 0.6 is 0 Å². The van der Waals surface area contributed by atoms with Gasteiger partial charge in [-0.05, 0) is 60.9 Å². The van der Waals surface area contributed by atoms with Gasteiger partial charge in [0.25, 0.3) is 11.5 Å². The third kappa shape index (κ3) is 5.82. The first-order valence-electron chi connectivity index (χ1n) is 12.4. The molecule has 1 amide bonds. The molecule has 1 aliphatic carbocycles. The van der Waals surface area contributed by atoms with Crippen LogP contribution in [0.2, 0.25) is 0 Å². The van der Waals surface area contributed by atoms with E-state index in [1.165, 1.54) is 12.0 Å². The minimum atomic E-state index is -0.772. The van der Waals surface area contributed by atoms with E-state index in [9.17, 15) is 14.4 Å². The summed E-state index contributed by atoms with van der Waals surface area (Å²) < 4.78 is 6.70. The summed E-state index contributed by atoms with van der Waals surface area (Å²) in [4.78, 5) is 41.3. The summed E-state index contributed by atoms with van der Waals surface area (Å²) >= 11 is 0. The average Bonchev–Trinajstić information content (AvgIpc) is 2.86. The molecule has 1 unspecified atom stereocenters. The molecular formula is C28H35N3O4. The van der Waals surface area contributed by atoms with Crippen molar-refractivity contribution in [2.24, 2.45) is 5.92 Å². The Hall–Kier alpha value is -3.40. The number of nitrogens with zero attached hydrogens (tertiary/aromatic N) is 3. The maximum atomic E-state index is 13.8. The number of esters is 1. The Labute approximate surface area is 207 Å². The van der Waals surface area contributed by atoms with Gasteiger partial charge in [-0.25, -0.2) is 4.79 Å². The lowest BCUT2D eigenvalue weighted by Gasteiger charge is -2.30. The van der Waals surface area contributed by atoms with Gasteiger partial charge in [0.2, 0.25) is 0 Å². The summed E-state index contributed by atoms with van der Waals surface area (Å²) in [6, 6.07) is 10.3. The van der Waals surface area contributed by atoms with Crippen molar-refractivity contribution < 1.29 is 14.3 Å². The van der Waals surface area contributed by atoms with Crippen molar-refractivity contribution in [3.05, 3.63) is 68.6 Å². The first-order chi connectivity index (χ1) is 16.8. The third-order valence-electron chi connectivity index (χ3n) is 7.12. The Morgan fingerprint density at radius 2 is 1.80 bits per heavy atom. The molecule has 1 aromatic heterocycles. The van der Waals surface area contributed by atoms with Crippen molar-refractivity contribution in [2.45, 2.75) is 71.4 Å². The number of methoxy groups -OCH3 is 1. The molecule has 3 rings (SSSR count). The molecular weight excluding hydrogens is 442 g/mol. The Morgan fingerprint density at radius 1 is 1.14 bits per heavy atom. The molecule has 186 valence electrons. The van der Waals surface area contributed by atoms with Gasteiger partial charge in [0.05, 0.1) is 25.3 Å². The standard InChI is InChI=1S/C28H35N3O4/c1-5-19(2)25(28(34)35-4)30(3)26(32)23-16-22-10-8-6-7-9-11-24(22)31(27(23)33)18-21-14-12-20(17-29)13-15-21/h12-16,19,25H,5-11,18H2,1-4H3/t19?,25-/m0/s1. The van der Waals surface area contributed by atoms with Crippen LogP contribution in [0.1, 0.15) is 78.7 Å². The Bertz CT molecular complexity index is 1160. The zero-order valence-electron chi connectivity index (χ0n) is 21.2. The Kier molecular flexibility index (Phi) is 8.86. The van der Waals surface area contributed by atoms with Crippen LogP contribution in [0.15, 0.2) is 35.1 Å². The van der Waals surface area contributed by atoms with Crippen LogP contribution in [0, 0.1) is 17.2 Å². The van der Waals surface area contributed by atoms with E-state index in [1.807, 2.05) is 26.0 Å². The van der Waals surface area contributed by atoms with Gasteiger partial charge in [-0.2, -0.15) is 5.26 Å². The molecule has 35 heavy (non-hydrogen) atoms. The molecule has 0 saturated carbocycles. The summed E-state index contributed by atoms with van der Waals surface area (Å²) in [7, 11) is 2.88. The van der Waals surface area contributed by atoms with E-state index in [1.54, 1.807) is 29.8 Å². The largest absolute Gasteiger partial charge is 0.467 e. The van der Waals surface area contributed by atoms with Gasteiger partial charge in [-0.1, -0.05) is 45.2 Å². The predicted molar refractivity (Wildman–Crippen MR) is 134 cm³/mol. The summed E-state index contributed by atoms with van der Waals surface area (Å²) in [5, 5.41) is 9.11. The SMILES string of the molecule is CCC(C)[C@@H](C(=O)OC)N(C)C(=O)c1cc2c(n(Cc3ccc(C#N)cc3)c1=O)CCCCCC2. The number of ether oxygens (including phenoxy) is 1. The van der Waals surface area contributed by atoms with Crippen LogP contribution in [-0.4, -0.2) is 41.5 Å². The van der Waals surface area contributed by atoms with Gasteiger partial charge in [0, 0.05) is 12.7 Å².